The second kappa shape index (κ2) is 5.89. The summed E-state index contributed by atoms with van der Waals surface area (Å²) in [6.45, 7) is 6.80. The van der Waals surface area contributed by atoms with Crippen LogP contribution in [-0.4, -0.2) is 49.3 Å². The van der Waals surface area contributed by atoms with Crippen molar-refractivity contribution >= 4 is 0 Å². The molecule has 0 radical (unpaired) electrons. The van der Waals surface area contributed by atoms with Gasteiger partial charge >= 0.3 is 0 Å². The predicted octanol–water partition coefficient (Wildman–Crippen LogP) is 2.02. The number of ether oxygens (including phenoxy) is 1. The van der Waals surface area contributed by atoms with Crippen LogP contribution in [0.3, 0.4) is 0 Å². The van der Waals surface area contributed by atoms with Crippen LogP contribution in [0.15, 0.2) is 0 Å². The number of hydrogen-bond donors (Lipinski definition) is 1. The van der Waals surface area contributed by atoms with Crippen LogP contribution in [0, 0.1) is 5.92 Å². The maximum Gasteiger partial charge on any atom is 0.0604 e. The van der Waals surface area contributed by atoms with E-state index in [4.69, 9.17) is 4.74 Å². The summed E-state index contributed by atoms with van der Waals surface area (Å²) in [6.07, 6.45) is 8.81. The van der Waals surface area contributed by atoms with E-state index in [1.807, 2.05) is 0 Å². The van der Waals surface area contributed by atoms with E-state index >= 15 is 0 Å². The molecule has 1 aliphatic heterocycles. The average molecular weight is 252 g/mol. The first-order chi connectivity index (χ1) is 8.86. The Morgan fingerprint density at radius 2 is 2.00 bits per heavy atom. The fraction of sp³-hybridized carbons (Fsp3) is 1.00. The Balaban J connectivity index is 1.47. The quantitative estimate of drug-likeness (QED) is 0.783. The molecule has 18 heavy (non-hydrogen) atoms. The number of nitrogens with one attached hydrogen (secondary N) is 1. The molecule has 104 valence electrons. The summed E-state index contributed by atoms with van der Waals surface area (Å²) >= 11 is 0. The van der Waals surface area contributed by atoms with Crippen molar-refractivity contribution in [3.8, 4) is 0 Å². The Labute approximate surface area is 111 Å². The Hall–Kier alpha value is -0.120. The summed E-state index contributed by atoms with van der Waals surface area (Å²) < 4.78 is 5.71. The highest BCUT2D eigenvalue weighted by atomic mass is 16.5. The molecule has 0 amide bonds. The fourth-order valence-electron chi connectivity index (χ4n) is 3.56. The number of nitrogens with zero attached hydrogens (tertiary/aromatic N) is 1. The molecule has 3 fully saturated rings. The van der Waals surface area contributed by atoms with Crippen molar-refractivity contribution in [3.63, 3.8) is 0 Å². The SMILES string of the molecule is CCOC1CC(N(CC2CCCNC2)C2CC2)C1. The summed E-state index contributed by atoms with van der Waals surface area (Å²) in [6, 6.07) is 1.75. The van der Waals surface area contributed by atoms with Crippen LogP contribution in [0.5, 0.6) is 0 Å². The average Bonchev–Trinajstić information content (AvgIpc) is 3.16. The van der Waals surface area contributed by atoms with E-state index in [-0.39, 0.29) is 0 Å². The number of rotatable bonds is 6. The van der Waals surface area contributed by atoms with Crippen molar-refractivity contribution in [3.05, 3.63) is 0 Å². The van der Waals surface area contributed by atoms with E-state index in [0.29, 0.717) is 6.10 Å². The summed E-state index contributed by atoms with van der Waals surface area (Å²) in [5.74, 6) is 0.894. The van der Waals surface area contributed by atoms with Gasteiger partial charge in [0.25, 0.3) is 0 Å². The molecule has 1 atom stereocenters. The maximum absolute atomic E-state index is 5.71. The van der Waals surface area contributed by atoms with Crippen LogP contribution >= 0.6 is 0 Å². The smallest absolute Gasteiger partial charge is 0.0604 e. The molecule has 0 aromatic carbocycles. The third-order valence-electron chi connectivity index (χ3n) is 4.83. The van der Waals surface area contributed by atoms with E-state index in [9.17, 15) is 0 Å². The van der Waals surface area contributed by atoms with Crippen LogP contribution in [0.4, 0.5) is 0 Å². The van der Waals surface area contributed by atoms with E-state index < -0.39 is 0 Å². The van der Waals surface area contributed by atoms with Crippen molar-refractivity contribution in [1.82, 2.24) is 10.2 Å². The molecule has 1 heterocycles. The lowest BCUT2D eigenvalue weighted by Crippen LogP contribution is -2.51. The first kappa shape index (κ1) is 12.9. The molecule has 3 aliphatic rings. The summed E-state index contributed by atoms with van der Waals surface area (Å²) in [7, 11) is 0. The zero-order valence-corrected chi connectivity index (χ0v) is 11.7. The third kappa shape index (κ3) is 3.06. The molecule has 0 bridgehead atoms. The van der Waals surface area contributed by atoms with E-state index in [1.165, 1.54) is 58.2 Å². The Bertz CT molecular complexity index is 255. The van der Waals surface area contributed by atoms with Gasteiger partial charge in [0.1, 0.15) is 0 Å². The van der Waals surface area contributed by atoms with Crippen molar-refractivity contribution in [2.45, 2.75) is 63.6 Å². The topological polar surface area (TPSA) is 24.5 Å². The number of hydrogen-bond acceptors (Lipinski definition) is 3. The fourth-order valence-corrected chi connectivity index (χ4v) is 3.56. The van der Waals surface area contributed by atoms with Gasteiger partial charge in [0.2, 0.25) is 0 Å². The van der Waals surface area contributed by atoms with Crippen molar-refractivity contribution in [2.75, 3.05) is 26.2 Å². The lowest BCUT2D eigenvalue weighted by atomic mass is 9.86. The minimum absolute atomic E-state index is 0.561. The van der Waals surface area contributed by atoms with Gasteiger partial charge in [-0.05, 0) is 64.5 Å². The van der Waals surface area contributed by atoms with Gasteiger partial charge in [0, 0.05) is 25.2 Å². The summed E-state index contributed by atoms with van der Waals surface area (Å²) in [5, 5.41) is 3.55. The van der Waals surface area contributed by atoms with Crippen molar-refractivity contribution in [2.24, 2.45) is 5.92 Å². The normalized spacial score (nSPS) is 36.7. The van der Waals surface area contributed by atoms with E-state index in [0.717, 1.165) is 24.6 Å². The second-order valence-corrected chi connectivity index (χ2v) is 6.34. The predicted molar refractivity (Wildman–Crippen MR) is 73.8 cm³/mol. The lowest BCUT2D eigenvalue weighted by Gasteiger charge is -2.44. The molecule has 3 heteroatoms. The van der Waals surface area contributed by atoms with Crippen molar-refractivity contribution < 1.29 is 4.74 Å². The Morgan fingerprint density at radius 1 is 1.17 bits per heavy atom. The minimum atomic E-state index is 0.561. The zero-order chi connectivity index (χ0) is 12.4. The molecule has 1 N–H and O–H groups in total. The summed E-state index contributed by atoms with van der Waals surface area (Å²) in [5.41, 5.74) is 0. The van der Waals surface area contributed by atoms with Gasteiger partial charge in [0.15, 0.2) is 0 Å². The first-order valence-electron chi connectivity index (χ1n) is 7.95. The van der Waals surface area contributed by atoms with Gasteiger partial charge in [-0.1, -0.05) is 0 Å². The molecule has 3 nitrogen and oxygen atoms in total. The standard InChI is InChI=1S/C15H28N2O/c1-2-18-15-8-14(9-15)17(13-5-6-13)11-12-4-3-7-16-10-12/h12-16H,2-11H2,1H3. The first-order valence-corrected chi connectivity index (χ1v) is 7.95. The molecule has 3 rings (SSSR count). The minimum Gasteiger partial charge on any atom is -0.378 e. The van der Waals surface area contributed by atoms with Crippen LogP contribution in [-0.2, 0) is 4.74 Å². The van der Waals surface area contributed by atoms with Crippen LogP contribution in [0.2, 0.25) is 0 Å². The van der Waals surface area contributed by atoms with E-state index in [2.05, 4.69) is 17.1 Å². The van der Waals surface area contributed by atoms with E-state index in [1.54, 1.807) is 0 Å². The molecule has 1 saturated heterocycles. The highest BCUT2D eigenvalue weighted by Gasteiger charge is 2.41. The monoisotopic (exact) mass is 252 g/mol. The zero-order valence-electron chi connectivity index (χ0n) is 11.7. The third-order valence-corrected chi connectivity index (χ3v) is 4.83. The van der Waals surface area contributed by atoms with Crippen LogP contribution < -0.4 is 5.32 Å². The van der Waals surface area contributed by atoms with Gasteiger partial charge in [0.05, 0.1) is 6.10 Å². The highest BCUT2D eigenvalue weighted by Crippen LogP contribution is 2.37. The van der Waals surface area contributed by atoms with Gasteiger partial charge in [-0.25, -0.2) is 0 Å². The van der Waals surface area contributed by atoms with Crippen LogP contribution in [0.1, 0.15) is 45.4 Å². The second-order valence-electron chi connectivity index (χ2n) is 6.34. The molecule has 2 aliphatic carbocycles. The van der Waals surface area contributed by atoms with Crippen molar-refractivity contribution in [1.29, 1.82) is 0 Å². The van der Waals surface area contributed by atoms with Gasteiger partial charge in [-0.2, -0.15) is 0 Å². The van der Waals surface area contributed by atoms with Crippen LogP contribution in [0.25, 0.3) is 0 Å². The van der Waals surface area contributed by atoms with Gasteiger partial charge in [-0.3, -0.25) is 4.90 Å². The van der Waals surface area contributed by atoms with Gasteiger partial charge in [-0.15, -0.1) is 0 Å². The molecule has 2 saturated carbocycles. The highest BCUT2D eigenvalue weighted by molar-refractivity contribution is 4.96. The number of piperidine rings is 1. The molecule has 0 aromatic rings. The lowest BCUT2D eigenvalue weighted by molar-refractivity contribution is -0.0527. The molecular weight excluding hydrogens is 224 g/mol. The summed E-state index contributed by atoms with van der Waals surface area (Å²) in [4.78, 5) is 2.83. The Morgan fingerprint density at radius 3 is 2.61 bits per heavy atom. The molecule has 0 spiro atoms. The maximum atomic E-state index is 5.71. The Kier molecular flexibility index (Phi) is 4.22. The molecule has 1 unspecified atom stereocenters. The van der Waals surface area contributed by atoms with Gasteiger partial charge < -0.3 is 10.1 Å². The molecule has 0 aromatic heterocycles. The molecular formula is C15H28N2O. The largest absolute Gasteiger partial charge is 0.378 e.